The number of nitrogens with two attached hydrogens (primary N) is 1. The zero-order valence-corrected chi connectivity index (χ0v) is 17.7. The standard InChI is InChI=1S/C22H18F4N6O2/c1-34-10-13-9-32-19(20(27)28-11-29-32)18(13)12-2-4-16(5-3-12)30-21(33)31-17-7-14(22(24,25)26)6-15(23)8-17/h2-9,11H,10H2,1H3,(H2,27,28,29)(H2,30,31,33). The number of methoxy groups -OCH3 is 1. The molecule has 8 nitrogen and oxygen atoms in total. The average Bonchev–Trinajstić information content (AvgIpc) is 3.13. The molecule has 2 aromatic carbocycles. The van der Waals surface area contributed by atoms with Crippen LogP contribution in [0.2, 0.25) is 0 Å². The number of rotatable bonds is 5. The van der Waals surface area contributed by atoms with Crippen LogP contribution < -0.4 is 16.4 Å². The van der Waals surface area contributed by atoms with E-state index in [-0.39, 0.29) is 11.5 Å². The number of urea groups is 1. The molecular weight excluding hydrogens is 456 g/mol. The van der Waals surface area contributed by atoms with Gasteiger partial charge < -0.3 is 21.1 Å². The number of hydrogen-bond donors (Lipinski definition) is 3. The average molecular weight is 474 g/mol. The Morgan fingerprint density at radius 2 is 1.82 bits per heavy atom. The summed E-state index contributed by atoms with van der Waals surface area (Å²) in [6.45, 7) is 0.300. The Kier molecular flexibility index (Phi) is 6.07. The number of nitrogens with one attached hydrogen (secondary N) is 2. The van der Waals surface area contributed by atoms with Crippen LogP contribution in [0, 0.1) is 5.82 Å². The summed E-state index contributed by atoms with van der Waals surface area (Å²) < 4.78 is 59.0. The maximum Gasteiger partial charge on any atom is 0.416 e. The Hall–Kier alpha value is -4.19. The van der Waals surface area contributed by atoms with Crippen molar-refractivity contribution in [1.82, 2.24) is 14.6 Å². The van der Waals surface area contributed by atoms with Crippen molar-refractivity contribution in [2.45, 2.75) is 12.8 Å². The first-order valence-corrected chi connectivity index (χ1v) is 9.81. The van der Waals surface area contributed by atoms with Crippen molar-refractivity contribution in [3.05, 3.63) is 71.9 Å². The molecule has 0 aliphatic rings. The highest BCUT2D eigenvalue weighted by Crippen LogP contribution is 2.34. The predicted molar refractivity (Wildman–Crippen MR) is 118 cm³/mol. The van der Waals surface area contributed by atoms with Crippen LogP contribution in [0.25, 0.3) is 16.6 Å². The summed E-state index contributed by atoms with van der Waals surface area (Å²) >= 11 is 0. The van der Waals surface area contributed by atoms with Crippen molar-refractivity contribution in [2.24, 2.45) is 0 Å². The Morgan fingerprint density at radius 3 is 2.50 bits per heavy atom. The van der Waals surface area contributed by atoms with Crippen LogP contribution in [-0.4, -0.2) is 27.7 Å². The highest BCUT2D eigenvalue weighted by atomic mass is 19.4. The fraction of sp³-hybridized carbons (Fsp3) is 0.136. The molecule has 0 aliphatic heterocycles. The number of carbonyl (C=O) groups excluding carboxylic acids is 1. The number of benzene rings is 2. The number of ether oxygens (including phenoxy) is 1. The third-order valence-corrected chi connectivity index (χ3v) is 4.89. The Bertz CT molecular complexity index is 1350. The van der Waals surface area contributed by atoms with E-state index in [1.54, 1.807) is 42.1 Å². The van der Waals surface area contributed by atoms with Crippen LogP contribution in [0.15, 0.2) is 55.0 Å². The number of halogens is 4. The van der Waals surface area contributed by atoms with Crippen molar-refractivity contribution in [1.29, 1.82) is 0 Å². The van der Waals surface area contributed by atoms with Gasteiger partial charge in [-0.05, 0) is 35.9 Å². The molecule has 0 unspecified atom stereocenters. The number of anilines is 3. The van der Waals surface area contributed by atoms with Gasteiger partial charge in [0.15, 0.2) is 5.82 Å². The van der Waals surface area contributed by atoms with Crippen LogP contribution in [0.5, 0.6) is 0 Å². The summed E-state index contributed by atoms with van der Waals surface area (Å²) in [5.74, 6) is -0.841. The van der Waals surface area contributed by atoms with E-state index in [1.807, 2.05) is 0 Å². The minimum absolute atomic E-state index is 0.280. The Balaban J connectivity index is 1.55. The van der Waals surface area contributed by atoms with Gasteiger partial charge in [-0.3, -0.25) is 0 Å². The number of amides is 2. The number of fused-ring (bicyclic) bond motifs is 1. The summed E-state index contributed by atoms with van der Waals surface area (Å²) in [5.41, 5.74) is 7.79. The quantitative estimate of drug-likeness (QED) is 0.356. The lowest BCUT2D eigenvalue weighted by atomic mass is 10.0. The fourth-order valence-electron chi connectivity index (χ4n) is 3.51. The predicted octanol–water partition coefficient (Wildman–Crippen LogP) is 4.93. The molecular formula is C22H18F4N6O2. The van der Waals surface area contributed by atoms with Crippen molar-refractivity contribution in [2.75, 3.05) is 23.5 Å². The molecule has 4 N–H and O–H groups in total. The van der Waals surface area contributed by atoms with Crippen LogP contribution in [0.4, 0.5) is 39.5 Å². The molecule has 4 rings (SSSR count). The maximum atomic E-state index is 13.5. The van der Waals surface area contributed by atoms with Crippen LogP contribution in [0.1, 0.15) is 11.1 Å². The minimum atomic E-state index is -4.75. The van der Waals surface area contributed by atoms with E-state index in [0.717, 1.165) is 22.8 Å². The number of aromatic nitrogens is 3. The second kappa shape index (κ2) is 8.98. The smallest absolute Gasteiger partial charge is 0.382 e. The van der Waals surface area contributed by atoms with Gasteiger partial charge in [-0.15, -0.1) is 0 Å². The van der Waals surface area contributed by atoms with Crippen molar-refractivity contribution in [3.8, 4) is 11.1 Å². The number of carbonyl (C=O) groups is 1. The molecule has 2 aromatic heterocycles. The van der Waals surface area contributed by atoms with Crippen molar-refractivity contribution < 1.29 is 27.1 Å². The highest BCUT2D eigenvalue weighted by Gasteiger charge is 2.31. The van der Waals surface area contributed by atoms with E-state index < -0.39 is 23.6 Å². The molecule has 4 aromatic rings. The molecule has 34 heavy (non-hydrogen) atoms. The van der Waals surface area contributed by atoms with Gasteiger partial charge in [0.1, 0.15) is 17.7 Å². The minimum Gasteiger partial charge on any atom is -0.382 e. The number of hydrogen-bond acceptors (Lipinski definition) is 5. The zero-order valence-electron chi connectivity index (χ0n) is 17.7. The molecule has 2 heterocycles. The number of alkyl halides is 3. The molecule has 2 amide bonds. The maximum absolute atomic E-state index is 13.5. The Labute approximate surface area is 190 Å². The fourth-order valence-corrected chi connectivity index (χ4v) is 3.51. The zero-order chi connectivity index (χ0) is 24.5. The van der Waals surface area contributed by atoms with E-state index in [4.69, 9.17) is 10.5 Å². The lowest BCUT2D eigenvalue weighted by molar-refractivity contribution is -0.137. The SMILES string of the molecule is COCc1cn2ncnc(N)c2c1-c1ccc(NC(=O)Nc2cc(F)cc(C(F)(F)F)c2)cc1. The van der Waals surface area contributed by atoms with E-state index in [1.165, 1.54) is 6.33 Å². The molecule has 0 radical (unpaired) electrons. The van der Waals surface area contributed by atoms with Crippen LogP contribution in [-0.2, 0) is 17.5 Å². The summed E-state index contributed by atoms with van der Waals surface area (Å²) in [7, 11) is 1.56. The van der Waals surface area contributed by atoms with E-state index in [0.29, 0.717) is 29.9 Å². The molecule has 0 saturated carbocycles. The van der Waals surface area contributed by atoms with Gasteiger partial charge in [0.2, 0.25) is 0 Å². The largest absolute Gasteiger partial charge is 0.416 e. The second-order valence-corrected chi connectivity index (χ2v) is 7.28. The summed E-state index contributed by atoms with van der Waals surface area (Å²) in [6, 6.07) is 7.60. The van der Waals surface area contributed by atoms with E-state index >= 15 is 0 Å². The number of nitrogen functional groups attached to an aromatic ring is 1. The van der Waals surface area contributed by atoms with Gasteiger partial charge >= 0.3 is 12.2 Å². The monoisotopic (exact) mass is 474 g/mol. The summed E-state index contributed by atoms with van der Waals surface area (Å²) in [4.78, 5) is 16.3. The lowest BCUT2D eigenvalue weighted by Gasteiger charge is -2.12. The van der Waals surface area contributed by atoms with Gasteiger partial charge in [0.05, 0.1) is 12.2 Å². The number of nitrogens with zero attached hydrogens (tertiary/aromatic N) is 3. The van der Waals surface area contributed by atoms with Gasteiger partial charge in [0.25, 0.3) is 0 Å². The topological polar surface area (TPSA) is 107 Å². The van der Waals surface area contributed by atoms with E-state index in [2.05, 4.69) is 20.7 Å². The molecule has 0 bridgehead atoms. The molecule has 176 valence electrons. The molecule has 0 aliphatic carbocycles. The molecule has 0 saturated heterocycles. The molecule has 0 atom stereocenters. The van der Waals surface area contributed by atoms with Crippen LogP contribution >= 0.6 is 0 Å². The van der Waals surface area contributed by atoms with Gasteiger partial charge in [0, 0.05) is 35.8 Å². The third kappa shape index (κ3) is 4.76. The van der Waals surface area contributed by atoms with Gasteiger partial charge in [-0.1, -0.05) is 12.1 Å². The first-order valence-electron chi connectivity index (χ1n) is 9.81. The van der Waals surface area contributed by atoms with Crippen LogP contribution in [0.3, 0.4) is 0 Å². The van der Waals surface area contributed by atoms with Crippen molar-refractivity contribution >= 4 is 28.7 Å². The van der Waals surface area contributed by atoms with Gasteiger partial charge in [-0.2, -0.15) is 18.3 Å². The van der Waals surface area contributed by atoms with Crippen molar-refractivity contribution in [3.63, 3.8) is 0 Å². The lowest BCUT2D eigenvalue weighted by Crippen LogP contribution is -2.20. The second-order valence-electron chi connectivity index (χ2n) is 7.28. The Morgan fingerprint density at radius 1 is 1.12 bits per heavy atom. The third-order valence-electron chi connectivity index (χ3n) is 4.89. The van der Waals surface area contributed by atoms with E-state index in [9.17, 15) is 22.4 Å². The summed E-state index contributed by atoms with van der Waals surface area (Å²) in [6.07, 6.45) is -1.63. The first kappa shape index (κ1) is 23.0. The molecule has 0 spiro atoms. The normalized spacial score (nSPS) is 11.6. The molecule has 0 fully saturated rings. The van der Waals surface area contributed by atoms with Gasteiger partial charge in [-0.25, -0.2) is 18.7 Å². The highest BCUT2D eigenvalue weighted by molar-refractivity contribution is 6.00. The molecule has 12 heteroatoms. The first-order chi connectivity index (χ1) is 16.2. The summed E-state index contributed by atoms with van der Waals surface area (Å²) in [5, 5.41) is 8.86.